The van der Waals surface area contributed by atoms with Gasteiger partial charge in [-0.2, -0.15) is 0 Å². The number of carbonyl (C=O) groups excluding carboxylic acids is 2. The van der Waals surface area contributed by atoms with Crippen molar-refractivity contribution in [2.45, 2.75) is 38.7 Å². The van der Waals surface area contributed by atoms with Crippen LogP contribution in [0.2, 0.25) is 0 Å². The Hall–Kier alpha value is -1.88. The summed E-state index contributed by atoms with van der Waals surface area (Å²) in [6, 6.07) is 7.71. The Bertz CT molecular complexity index is 528. The first-order chi connectivity index (χ1) is 10.0. The molecular formula is C16H22N2O3. The summed E-state index contributed by atoms with van der Waals surface area (Å²) in [5.74, 6) is -0.747. The zero-order valence-corrected chi connectivity index (χ0v) is 12.5. The molecule has 0 saturated heterocycles. The highest BCUT2D eigenvalue weighted by Crippen LogP contribution is 2.34. The van der Waals surface area contributed by atoms with E-state index in [0.717, 1.165) is 17.7 Å². The molecule has 2 rings (SSSR count). The third kappa shape index (κ3) is 3.61. The Labute approximate surface area is 125 Å². The lowest BCUT2D eigenvalue weighted by atomic mass is 9.91. The molecule has 2 atom stereocenters. The summed E-state index contributed by atoms with van der Waals surface area (Å²) in [5, 5.41) is 11.7. The molecule has 1 aliphatic rings. The molecule has 2 unspecified atom stereocenters. The lowest BCUT2D eigenvalue weighted by Gasteiger charge is -2.32. The summed E-state index contributed by atoms with van der Waals surface area (Å²) in [6.45, 7) is 4.63. The second kappa shape index (κ2) is 6.72. The van der Waals surface area contributed by atoms with Crippen LogP contribution in [0.5, 0.6) is 0 Å². The van der Waals surface area contributed by atoms with Crippen LogP contribution < -0.4 is 10.2 Å². The number of carbonyl (C=O) groups is 2. The number of hydrogen-bond acceptors (Lipinski definition) is 3. The average Bonchev–Trinajstić information content (AvgIpc) is 2.47. The monoisotopic (exact) mass is 290 g/mol. The highest BCUT2D eigenvalue weighted by Gasteiger charge is 2.29. The maximum Gasteiger partial charge on any atom is 0.316 e. The molecule has 114 valence electrons. The van der Waals surface area contributed by atoms with E-state index in [-0.39, 0.29) is 0 Å². The van der Waals surface area contributed by atoms with Crippen molar-refractivity contribution in [1.29, 1.82) is 0 Å². The molecule has 1 aromatic carbocycles. The van der Waals surface area contributed by atoms with E-state index in [0.29, 0.717) is 25.4 Å². The minimum Gasteiger partial charge on any atom is -0.393 e. The van der Waals surface area contributed by atoms with Gasteiger partial charge in [0.05, 0.1) is 6.10 Å². The van der Waals surface area contributed by atoms with E-state index in [9.17, 15) is 9.59 Å². The fraction of sp³-hybridized carbons (Fsp3) is 0.500. The van der Waals surface area contributed by atoms with E-state index in [1.807, 2.05) is 24.3 Å². The number of hydrogen-bond donors (Lipinski definition) is 2. The third-order valence-corrected chi connectivity index (χ3v) is 3.83. The Balaban J connectivity index is 2.06. The lowest BCUT2D eigenvalue weighted by molar-refractivity contribution is -0.137. The van der Waals surface area contributed by atoms with Gasteiger partial charge in [-0.3, -0.25) is 9.59 Å². The number of anilines is 1. The molecule has 21 heavy (non-hydrogen) atoms. The van der Waals surface area contributed by atoms with E-state index in [2.05, 4.69) is 12.2 Å². The number of nitrogens with one attached hydrogen (secondary N) is 1. The van der Waals surface area contributed by atoms with Crippen LogP contribution in [0.15, 0.2) is 24.3 Å². The van der Waals surface area contributed by atoms with Gasteiger partial charge < -0.3 is 15.3 Å². The number of nitrogens with zero attached hydrogens (tertiary/aromatic N) is 1. The Morgan fingerprint density at radius 1 is 1.43 bits per heavy atom. The van der Waals surface area contributed by atoms with Gasteiger partial charge in [-0.25, -0.2) is 0 Å². The maximum atomic E-state index is 12.3. The van der Waals surface area contributed by atoms with Gasteiger partial charge in [-0.15, -0.1) is 0 Å². The van der Waals surface area contributed by atoms with Crippen molar-refractivity contribution >= 4 is 17.5 Å². The first kappa shape index (κ1) is 15.5. The zero-order chi connectivity index (χ0) is 15.4. The van der Waals surface area contributed by atoms with Crippen molar-refractivity contribution in [3.05, 3.63) is 29.8 Å². The minimum atomic E-state index is -0.611. The van der Waals surface area contributed by atoms with E-state index in [1.165, 1.54) is 0 Å². The molecule has 0 radical (unpaired) electrons. The van der Waals surface area contributed by atoms with Gasteiger partial charge in [0.15, 0.2) is 0 Å². The summed E-state index contributed by atoms with van der Waals surface area (Å²) in [5.41, 5.74) is 1.93. The van der Waals surface area contributed by atoms with Gasteiger partial charge in [0.25, 0.3) is 0 Å². The first-order valence-corrected chi connectivity index (χ1v) is 7.37. The van der Waals surface area contributed by atoms with Crippen LogP contribution in [-0.2, 0) is 9.59 Å². The highest BCUT2D eigenvalue weighted by atomic mass is 16.3. The van der Waals surface area contributed by atoms with Gasteiger partial charge in [0, 0.05) is 18.8 Å². The molecule has 0 aliphatic carbocycles. The number of aliphatic hydroxyl groups excluding tert-OH is 1. The second-order valence-corrected chi connectivity index (χ2v) is 5.60. The van der Waals surface area contributed by atoms with E-state index in [1.54, 1.807) is 11.8 Å². The quantitative estimate of drug-likeness (QED) is 0.827. The first-order valence-electron chi connectivity index (χ1n) is 7.37. The number of amides is 2. The molecule has 1 aliphatic heterocycles. The fourth-order valence-corrected chi connectivity index (χ4v) is 2.55. The van der Waals surface area contributed by atoms with Crippen molar-refractivity contribution in [3.8, 4) is 0 Å². The molecule has 0 saturated carbocycles. The van der Waals surface area contributed by atoms with E-state index >= 15 is 0 Å². The molecule has 2 amide bonds. The molecule has 2 N–H and O–H groups in total. The Morgan fingerprint density at radius 2 is 2.14 bits per heavy atom. The summed E-state index contributed by atoms with van der Waals surface area (Å²) < 4.78 is 0. The van der Waals surface area contributed by atoms with Crippen molar-refractivity contribution in [2.75, 3.05) is 18.0 Å². The van der Waals surface area contributed by atoms with Gasteiger partial charge >= 0.3 is 11.8 Å². The molecule has 5 heteroatoms. The maximum absolute atomic E-state index is 12.3. The van der Waals surface area contributed by atoms with Crippen molar-refractivity contribution in [2.24, 2.45) is 0 Å². The molecule has 0 fully saturated rings. The topological polar surface area (TPSA) is 69.6 Å². The summed E-state index contributed by atoms with van der Waals surface area (Å²) in [7, 11) is 0. The third-order valence-electron chi connectivity index (χ3n) is 3.83. The largest absolute Gasteiger partial charge is 0.393 e. The van der Waals surface area contributed by atoms with Crippen LogP contribution in [0.1, 0.15) is 38.2 Å². The second-order valence-electron chi connectivity index (χ2n) is 5.60. The number of para-hydroxylation sites is 1. The fourth-order valence-electron chi connectivity index (χ4n) is 2.55. The summed E-state index contributed by atoms with van der Waals surface area (Å²) in [4.78, 5) is 25.8. The van der Waals surface area contributed by atoms with Gasteiger partial charge in [-0.05, 0) is 37.3 Å². The zero-order valence-electron chi connectivity index (χ0n) is 12.5. The number of rotatable bonds is 3. The van der Waals surface area contributed by atoms with Crippen molar-refractivity contribution in [1.82, 2.24) is 5.32 Å². The van der Waals surface area contributed by atoms with Crippen LogP contribution in [0.25, 0.3) is 0 Å². The Kier molecular flexibility index (Phi) is 4.96. The summed E-state index contributed by atoms with van der Waals surface area (Å²) >= 11 is 0. The minimum absolute atomic E-state index is 0.300. The molecular weight excluding hydrogens is 268 g/mol. The number of aliphatic hydroxyl groups is 1. The van der Waals surface area contributed by atoms with Gasteiger partial charge in [-0.1, -0.05) is 25.1 Å². The smallest absolute Gasteiger partial charge is 0.316 e. The predicted octanol–water partition coefficient (Wildman–Crippen LogP) is 1.41. The molecule has 5 nitrogen and oxygen atoms in total. The molecule has 0 bridgehead atoms. The van der Waals surface area contributed by atoms with Gasteiger partial charge in [0.2, 0.25) is 0 Å². The van der Waals surface area contributed by atoms with Crippen molar-refractivity contribution in [3.63, 3.8) is 0 Å². The standard InChI is InChI=1S/C16H22N2O3/c1-11-8-10-18(14-6-4-3-5-13(11)14)16(21)15(20)17-9-7-12(2)19/h3-6,11-12,19H,7-10H2,1-2H3,(H,17,20). The van der Waals surface area contributed by atoms with Crippen LogP contribution in [0, 0.1) is 0 Å². The number of benzene rings is 1. The molecule has 1 aromatic rings. The number of fused-ring (bicyclic) bond motifs is 1. The average molecular weight is 290 g/mol. The predicted molar refractivity (Wildman–Crippen MR) is 81.1 cm³/mol. The molecule has 0 aromatic heterocycles. The lowest BCUT2D eigenvalue weighted by Crippen LogP contribution is -2.46. The van der Waals surface area contributed by atoms with E-state index < -0.39 is 17.9 Å². The Morgan fingerprint density at radius 3 is 2.86 bits per heavy atom. The van der Waals surface area contributed by atoms with Crippen LogP contribution in [-0.4, -0.2) is 36.1 Å². The van der Waals surface area contributed by atoms with E-state index in [4.69, 9.17) is 5.11 Å². The molecule has 0 spiro atoms. The normalized spacial score (nSPS) is 18.8. The van der Waals surface area contributed by atoms with Crippen LogP contribution >= 0.6 is 0 Å². The molecule has 1 heterocycles. The SMILES string of the molecule is CC(O)CCNC(=O)C(=O)N1CCC(C)c2ccccc21. The summed E-state index contributed by atoms with van der Waals surface area (Å²) in [6.07, 6.45) is 0.799. The van der Waals surface area contributed by atoms with Crippen molar-refractivity contribution < 1.29 is 14.7 Å². The van der Waals surface area contributed by atoms with Gasteiger partial charge in [0.1, 0.15) is 0 Å². The van der Waals surface area contributed by atoms with Crippen LogP contribution in [0.3, 0.4) is 0 Å². The highest BCUT2D eigenvalue weighted by molar-refractivity contribution is 6.40. The van der Waals surface area contributed by atoms with Crippen LogP contribution in [0.4, 0.5) is 5.69 Å².